The number of aliphatic hydroxyl groups is 1. The third kappa shape index (κ3) is 3.30. The highest BCUT2D eigenvalue weighted by Crippen LogP contribution is 2.34. The van der Waals surface area contributed by atoms with Crippen molar-refractivity contribution in [2.75, 3.05) is 6.61 Å². The first-order valence-corrected chi connectivity index (χ1v) is 7.00. The largest absolute Gasteiger partial charge is 0.395 e. The Morgan fingerprint density at radius 1 is 1.60 bits per heavy atom. The molecule has 0 fully saturated rings. The Morgan fingerprint density at radius 2 is 2.20 bits per heavy atom. The number of aliphatic hydroxyl groups excluding tert-OH is 1. The van der Waals surface area contributed by atoms with E-state index in [9.17, 15) is 8.42 Å². The standard InChI is InChI=1S/C7H9Cl2NO3S2/c1-4(3-11)10-15(12,13)5-2-6(8)14-7(5)9/h2,4,10-11H,3H2,1H3/t4-/m1/s1. The van der Waals surface area contributed by atoms with Crippen LogP contribution in [0.15, 0.2) is 11.0 Å². The second kappa shape index (κ2) is 4.99. The first-order valence-electron chi connectivity index (χ1n) is 3.95. The average Bonchev–Trinajstić information content (AvgIpc) is 2.45. The van der Waals surface area contributed by atoms with E-state index >= 15 is 0 Å². The fraction of sp³-hybridized carbons (Fsp3) is 0.429. The third-order valence-electron chi connectivity index (χ3n) is 1.55. The minimum atomic E-state index is -3.70. The average molecular weight is 290 g/mol. The number of sulfonamides is 1. The van der Waals surface area contributed by atoms with Gasteiger partial charge in [-0.05, 0) is 13.0 Å². The van der Waals surface area contributed by atoms with Crippen LogP contribution in [0, 0.1) is 0 Å². The highest BCUT2D eigenvalue weighted by molar-refractivity contribution is 7.89. The fourth-order valence-corrected chi connectivity index (χ4v) is 4.26. The van der Waals surface area contributed by atoms with E-state index in [1.54, 1.807) is 6.92 Å². The van der Waals surface area contributed by atoms with Gasteiger partial charge in [-0.2, -0.15) is 0 Å². The molecule has 86 valence electrons. The van der Waals surface area contributed by atoms with Crippen LogP contribution in [-0.4, -0.2) is 26.2 Å². The number of hydrogen-bond donors (Lipinski definition) is 2. The van der Waals surface area contributed by atoms with E-state index in [1.807, 2.05) is 0 Å². The van der Waals surface area contributed by atoms with E-state index < -0.39 is 16.1 Å². The Labute approximate surface area is 102 Å². The SMILES string of the molecule is C[C@H](CO)NS(=O)(=O)c1cc(Cl)sc1Cl. The van der Waals surface area contributed by atoms with Crippen molar-refractivity contribution in [1.29, 1.82) is 0 Å². The van der Waals surface area contributed by atoms with Crippen LogP contribution in [0.25, 0.3) is 0 Å². The molecule has 0 radical (unpaired) electrons. The van der Waals surface area contributed by atoms with Gasteiger partial charge in [-0.15, -0.1) is 11.3 Å². The van der Waals surface area contributed by atoms with E-state index in [2.05, 4.69) is 4.72 Å². The number of nitrogens with one attached hydrogen (secondary N) is 1. The van der Waals surface area contributed by atoms with Crippen LogP contribution in [-0.2, 0) is 10.0 Å². The molecular formula is C7H9Cl2NO3S2. The third-order valence-corrected chi connectivity index (χ3v) is 4.89. The minimum Gasteiger partial charge on any atom is -0.395 e. The molecular weight excluding hydrogens is 281 g/mol. The topological polar surface area (TPSA) is 66.4 Å². The lowest BCUT2D eigenvalue weighted by Crippen LogP contribution is -2.34. The van der Waals surface area contributed by atoms with E-state index in [0.29, 0.717) is 4.34 Å². The smallest absolute Gasteiger partial charge is 0.243 e. The minimum absolute atomic E-state index is 0.0560. The van der Waals surface area contributed by atoms with E-state index in [-0.39, 0.29) is 15.8 Å². The summed E-state index contributed by atoms with van der Waals surface area (Å²) in [6.45, 7) is 1.26. The first kappa shape index (κ1) is 13.2. The van der Waals surface area contributed by atoms with E-state index in [0.717, 1.165) is 11.3 Å². The molecule has 1 aromatic heterocycles. The summed E-state index contributed by atoms with van der Waals surface area (Å²) >= 11 is 12.3. The molecule has 0 aliphatic carbocycles. The van der Waals surface area contributed by atoms with Crippen molar-refractivity contribution in [2.24, 2.45) is 0 Å². The summed E-state index contributed by atoms with van der Waals surface area (Å²) in [6, 6.07) is 0.714. The summed E-state index contributed by atoms with van der Waals surface area (Å²) in [5, 5.41) is 8.74. The number of rotatable bonds is 4. The molecule has 0 aromatic carbocycles. The van der Waals surface area contributed by atoms with Crippen LogP contribution in [0.3, 0.4) is 0 Å². The quantitative estimate of drug-likeness (QED) is 0.887. The monoisotopic (exact) mass is 289 g/mol. The van der Waals surface area contributed by atoms with Gasteiger partial charge in [0.2, 0.25) is 10.0 Å². The van der Waals surface area contributed by atoms with Gasteiger partial charge in [-0.3, -0.25) is 0 Å². The lowest BCUT2D eigenvalue weighted by Gasteiger charge is -2.10. The molecule has 1 rings (SSSR count). The van der Waals surface area contributed by atoms with Gasteiger partial charge in [0.1, 0.15) is 9.23 Å². The van der Waals surface area contributed by atoms with E-state index in [4.69, 9.17) is 28.3 Å². The van der Waals surface area contributed by atoms with Crippen molar-refractivity contribution in [1.82, 2.24) is 4.72 Å². The molecule has 8 heteroatoms. The molecule has 2 N–H and O–H groups in total. The number of thiophene rings is 1. The lowest BCUT2D eigenvalue weighted by atomic mass is 10.4. The maximum Gasteiger partial charge on any atom is 0.243 e. The maximum atomic E-state index is 11.7. The molecule has 0 bridgehead atoms. The molecule has 0 saturated heterocycles. The molecule has 0 spiro atoms. The summed E-state index contributed by atoms with van der Waals surface area (Å²) in [4.78, 5) is -0.0560. The van der Waals surface area contributed by atoms with Crippen LogP contribution < -0.4 is 4.72 Å². The summed E-state index contributed by atoms with van der Waals surface area (Å²) in [5.41, 5.74) is 0. The molecule has 0 saturated carbocycles. The fourth-order valence-electron chi connectivity index (χ4n) is 0.874. The van der Waals surface area contributed by atoms with Crippen molar-refractivity contribution in [3.8, 4) is 0 Å². The molecule has 1 aromatic rings. The van der Waals surface area contributed by atoms with Gasteiger partial charge in [-0.1, -0.05) is 23.2 Å². The van der Waals surface area contributed by atoms with Crippen molar-refractivity contribution >= 4 is 44.6 Å². The van der Waals surface area contributed by atoms with Crippen molar-refractivity contribution in [3.05, 3.63) is 14.7 Å². The van der Waals surface area contributed by atoms with Crippen molar-refractivity contribution in [3.63, 3.8) is 0 Å². The van der Waals surface area contributed by atoms with Crippen LogP contribution in [0.2, 0.25) is 8.67 Å². The molecule has 0 amide bonds. The maximum absolute atomic E-state index is 11.7. The van der Waals surface area contributed by atoms with Gasteiger partial charge in [0.05, 0.1) is 10.9 Å². The molecule has 4 nitrogen and oxygen atoms in total. The Balaban J connectivity index is 3.01. The lowest BCUT2D eigenvalue weighted by molar-refractivity contribution is 0.265. The summed E-state index contributed by atoms with van der Waals surface area (Å²) in [7, 11) is -3.70. The van der Waals surface area contributed by atoms with Gasteiger partial charge >= 0.3 is 0 Å². The second-order valence-electron chi connectivity index (χ2n) is 2.89. The zero-order chi connectivity index (χ0) is 11.6. The van der Waals surface area contributed by atoms with Crippen molar-refractivity contribution < 1.29 is 13.5 Å². The first-order chi connectivity index (χ1) is 6.86. The van der Waals surface area contributed by atoms with Crippen LogP contribution in [0.5, 0.6) is 0 Å². The van der Waals surface area contributed by atoms with E-state index in [1.165, 1.54) is 6.07 Å². The van der Waals surface area contributed by atoms with Gasteiger partial charge < -0.3 is 5.11 Å². The highest BCUT2D eigenvalue weighted by atomic mass is 35.5. The molecule has 1 atom stereocenters. The number of hydrogen-bond acceptors (Lipinski definition) is 4. The summed E-state index contributed by atoms with van der Waals surface area (Å²) < 4.78 is 26.0. The molecule has 15 heavy (non-hydrogen) atoms. The van der Waals surface area contributed by atoms with Gasteiger partial charge in [0.25, 0.3) is 0 Å². The van der Waals surface area contributed by atoms with Gasteiger partial charge in [0.15, 0.2) is 0 Å². The molecule has 0 unspecified atom stereocenters. The Hall–Kier alpha value is 0.150. The van der Waals surface area contributed by atoms with Crippen LogP contribution >= 0.6 is 34.5 Å². The summed E-state index contributed by atoms with van der Waals surface area (Å²) in [6.07, 6.45) is 0. The Morgan fingerprint density at radius 3 is 2.60 bits per heavy atom. The Bertz CT molecular complexity index is 443. The molecule has 1 heterocycles. The molecule has 0 aliphatic rings. The second-order valence-corrected chi connectivity index (χ2v) is 6.86. The van der Waals surface area contributed by atoms with Crippen molar-refractivity contribution in [2.45, 2.75) is 17.9 Å². The zero-order valence-corrected chi connectivity index (χ0v) is 10.8. The van der Waals surface area contributed by atoms with Gasteiger partial charge in [-0.25, -0.2) is 13.1 Å². The van der Waals surface area contributed by atoms with Crippen LogP contribution in [0.4, 0.5) is 0 Å². The number of halogens is 2. The Kier molecular flexibility index (Phi) is 4.39. The van der Waals surface area contributed by atoms with Gasteiger partial charge in [0, 0.05) is 6.04 Å². The summed E-state index contributed by atoms with van der Waals surface area (Å²) in [5.74, 6) is 0. The van der Waals surface area contributed by atoms with Crippen LogP contribution in [0.1, 0.15) is 6.92 Å². The normalized spacial score (nSPS) is 14.1. The predicted molar refractivity (Wildman–Crippen MR) is 61.2 cm³/mol. The zero-order valence-electron chi connectivity index (χ0n) is 7.70. The molecule has 0 aliphatic heterocycles. The predicted octanol–water partition coefficient (Wildman–Crippen LogP) is 1.71. The highest BCUT2D eigenvalue weighted by Gasteiger charge is 2.22.